The summed E-state index contributed by atoms with van der Waals surface area (Å²) in [5.74, 6) is -11.3. The minimum absolute atomic E-state index is 0.00523. The van der Waals surface area contributed by atoms with Gasteiger partial charge in [0.1, 0.15) is 35.0 Å². The van der Waals surface area contributed by atoms with Gasteiger partial charge in [0, 0.05) is 23.6 Å². The Morgan fingerprint density at radius 2 is 1.28 bits per heavy atom. The van der Waals surface area contributed by atoms with Crippen LogP contribution in [0.15, 0.2) is 72.3 Å². The van der Waals surface area contributed by atoms with Crippen LogP contribution < -0.4 is 14.5 Å². The number of carboxylic acid groups (broad SMARTS) is 2. The number of aromatic carboxylic acids is 2. The number of anilines is 2. The quantitative estimate of drug-likeness (QED) is 0.171. The molecule has 0 radical (unpaired) electrons. The van der Waals surface area contributed by atoms with Gasteiger partial charge in [0.25, 0.3) is 0 Å². The summed E-state index contributed by atoms with van der Waals surface area (Å²) in [5.41, 5.74) is 0.331. The predicted molar refractivity (Wildman–Crippen MR) is 172 cm³/mol. The third-order valence-electron chi connectivity index (χ3n) is 10.2. The Hall–Kier alpha value is -6.02. The van der Waals surface area contributed by atoms with Gasteiger partial charge in [-0.2, -0.15) is 0 Å². The molecule has 0 bridgehead atoms. The minimum atomic E-state index is -1.40. The van der Waals surface area contributed by atoms with Gasteiger partial charge in [-0.15, -0.1) is 0 Å². The molecular formula is C36H30N2O12. The number of phenols is 2. The van der Waals surface area contributed by atoms with Crippen molar-refractivity contribution in [2.45, 2.75) is 18.8 Å². The van der Waals surface area contributed by atoms with Gasteiger partial charge in [-0.25, -0.2) is 19.4 Å². The van der Waals surface area contributed by atoms with Crippen LogP contribution in [-0.2, 0) is 19.2 Å². The van der Waals surface area contributed by atoms with Crippen molar-refractivity contribution < 1.29 is 59.0 Å². The molecule has 50 heavy (non-hydrogen) atoms. The summed E-state index contributed by atoms with van der Waals surface area (Å²) >= 11 is 0. The average Bonchev–Trinajstić information content (AvgIpc) is 3.49. The van der Waals surface area contributed by atoms with Gasteiger partial charge in [-0.1, -0.05) is 29.8 Å². The molecule has 14 nitrogen and oxygen atoms in total. The lowest BCUT2D eigenvalue weighted by atomic mass is 9.57. The number of nitrogens with zero attached hydrogens (tertiary/aromatic N) is 2. The zero-order chi connectivity index (χ0) is 35.6. The second kappa shape index (κ2) is 12.1. The minimum Gasteiger partial charge on any atom is -0.507 e. The Bertz CT molecular complexity index is 2040. The van der Waals surface area contributed by atoms with E-state index in [0.717, 1.165) is 34.1 Å². The number of para-hydroxylation sites is 1. The number of aliphatic hydroxyl groups excluding tert-OH is 1. The van der Waals surface area contributed by atoms with E-state index < -0.39 is 93.7 Å². The fourth-order valence-electron chi connectivity index (χ4n) is 8.15. The SMILES string of the molecule is O=C(O)c1ccc(N2C(=O)[C@H]3[C@H](CC=C4[C@H]3C[C@H]3C(=O)N(c5ccc(C(=O)O)c(O)c5)C(=O)[C@H]3[C@H]4c3ccccc3OCCO)C2=O)cc1O. The summed E-state index contributed by atoms with van der Waals surface area (Å²) in [7, 11) is 0. The smallest absolute Gasteiger partial charge is 0.339 e. The highest BCUT2D eigenvalue weighted by Gasteiger charge is 2.62. The molecule has 2 saturated heterocycles. The fourth-order valence-corrected chi connectivity index (χ4v) is 8.15. The number of hydrogen-bond acceptors (Lipinski definition) is 10. The molecule has 5 N–H and O–H groups in total. The molecule has 0 aromatic heterocycles. The standard InChI is InChI=1S/C36H30N2O12/c39-11-12-50-27-4-2-1-3-21(27)28-18-9-10-22-29(33(44)37(31(22)42)16-5-7-19(35(46)47)25(40)13-16)23(18)15-24-30(28)34(45)38(32(24)43)17-6-8-20(36(48)49)26(41)14-17/h1-9,13-14,22-24,28-30,39-41H,10-12,15H2,(H,46,47)(H,48,49)/t22-,23+,24+,28+,29-,30+/m0/s1. The largest absolute Gasteiger partial charge is 0.507 e. The maximum Gasteiger partial charge on any atom is 0.339 e. The molecule has 3 fully saturated rings. The van der Waals surface area contributed by atoms with Crippen LogP contribution in [-0.4, -0.2) is 74.3 Å². The lowest BCUT2D eigenvalue weighted by molar-refractivity contribution is -0.126. The molecule has 1 saturated carbocycles. The number of ether oxygens (including phenoxy) is 1. The Balaban J connectivity index is 1.33. The van der Waals surface area contributed by atoms with E-state index in [2.05, 4.69) is 0 Å². The van der Waals surface area contributed by atoms with Crippen molar-refractivity contribution in [2.75, 3.05) is 23.0 Å². The number of aliphatic hydroxyl groups is 1. The summed E-state index contributed by atoms with van der Waals surface area (Å²) < 4.78 is 5.86. The van der Waals surface area contributed by atoms with Crippen LogP contribution in [0.25, 0.3) is 0 Å². The number of carbonyl (C=O) groups is 6. The summed E-state index contributed by atoms with van der Waals surface area (Å²) in [4.78, 5) is 81.4. The first-order valence-electron chi connectivity index (χ1n) is 15.8. The van der Waals surface area contributed by atoms with E-state index in [4.69, 9.17) is 4.74 Å². The summed E-state index contributed by atoms with van der Waals surface area (Å²) in [6.07, 6.45) is 1.97. The van der Waals surface area contributed by atoms with E-state index in [0.29, 0.717) is 16.9 Å². The third-order valence-corrected chi connectivity index (χ3v) is 10.2. The lowest BCUT2D eigenvalue weighted by Crippen LogP contribution is -2.43. The first-order chi connectivity index (χ1) is 23.9. The normalized spacial score (nSPS) is 25.6. The highest BCUT2D eigenvalue weighted by atomic mass is 16.5. The second-order valence-electron chi connectivity index (χ2n) is 12.7. The fraction of sp³-hybridized carbons (Fsp3) is 0.278. The van der Waals surface area contributed by atoms with Crippen LogP contribution in [0.3, 0.4) is 0 Å². The number of benzene rings is 3. The van der Waals surface area contributed by atoms with Gasteiger partial charge in [-0.05, 0) is 49.1 Å². The number of fused-ring (bicyclic) bond motifs is 4. The third kappa shape index (κ3) is 4.90. The molecule has 4 amide bonds. The first kappa shape index (κ1) is 32.5. The molecule has 2 heterocycles. The Morgan fingerprint density at radius 3 is 1.84 bits per heavy atom. The van der Waals surface area contributed by atoms with Crippen molar-refractivity contribution in [1.29, 1.82) is 0 Å². The number of aromatic hydroxyl groups is 2. The Kier molecular flexibility index (Phi) is 7.90. The molecule has 7 rings (SSSR count). The molecule has 3 aromatic rings. The Morgan fingerprint density at radius 1 is 0.720 bits per heavy atom. The van der Waals surface area contributed by atoms with E-state index in [9.17, 15) is 54.3 Å². The second-order valence-corrected chi connectivity index (χ2v) is 12.7. The number of carboxylic acids is 2. The molecule has 0 unspecified atom stereocenters. The van der Waals surface area contributed by atoms with Gasteiger partial charge < -0.3 is 30.3 Å². The monoisotopic (exact) mass is 682 g/mol. The van der Waals surface area contributed by atoms with Crippen molar-refractivity contribution in [1.82, 2.24) is 0 Å². The molecule has 0 spiro atoms. The van der Waals surface area contributed by atoms with Crippen molar-refractivity contribution in [2.24, 2.45) is 29.6 Å². The highest BCUT2D eigenvalue weighted by molar-refractivity contribution is 6.24. The molecule has 3 aromatic carbocycles. The van der Waals surface area contributed by atoms with Crippen molar-refractivity contribution in [3.8, 4) is 17.2 Å². The van der Waals surface area contributed by atoms with Crippen LogP contribution in [0.4, 0.5) is 11.4 Å². The number of hydrogen-bond donors (Lipinski definition) is 5. The number of rotatable bonds is 8. The van der Waals surface area contributed by atoms with Gasteiger partial charge >= 0.3 is 11.9 Å². The lowest BCUT2D eigenvalue weighted by Gasteiger charge is -2.44. The molecule has 2 aliphatic heterocycles. The van der Waals surface area contributed by atoms with Gasteiger partial charge in [-0.3, -0.25) is 19.2 Å². The first-order valence-corrected chi connectivity index (χ1v) is 15.8. The summed E-state index contributed by atoms with van der Waals surface area (Å²) in [6, 6.07) is 13.6. The van der Waals surface area contributed by atoms with Crippen molar-refractivity contribution in [3.05, 3.63) is 89.0 Å². The maximum atomic E-state index is 14.4. The van der Waals surface area contributed by atoms with Crippen molar-refractivity contribution in [3.63, 3.8) is 0 Å². The van der Waals surface area contributed by atoms with Gasteiger partial charge in [0.15, 0.2) is 0 Å². The Labute approximate surface area is 283 Å². The molecule has 14 heteroatoms. The van der Waals surface area contributed by atoms with E-state index in [1.54, 1.807) is 24.3 Å². The molecule has 256 valence electrons. The van der Waals surface area contributed by atoms with Crippen molar-refractivity contribution >= 4 is 46.9 Å². The highest BCUT2D eigenvalue weighted by Crippen LogP contribution is 2.59. The average molecular weight is 683 g/mol. The summed E-state index contributed by atoms with van der Waals surface area (Å²) in [6.45, 7) is -0.356. The van der Waals surface area contributed by atoms with Crippen LogP contribution in [0, 0.1) is 29.6 Å². The zero-order valence-electron chi connectivity index (χ0n) is 26.1. The van der Waals surface area contributed by atoms with Gasteiger partial charge in [0.2, 0.25) is 23.6 Å². The maximum absolute atomic E-state index is 14.4. The van der Waals surface area contributed by atoms with E-state index >= 15 is 0 Å². The van der Waals surface area contributed by atoms with Crippen LogP contribution >= 0.6 is 0 Å². The number of carbonyl (C=O) groups excluding carboxylic acids is 4. The molecule has 6 atom stereocenters. The van der Waals surface area contributed by atoms with Crippen LogP contribution in [0.1, 0.15) is 45.0 Å². The van der Waals surface area contributed by atoms with E-state index in [1.807, 2.05) is 6.08 Å². The number of imide groups is 2. The molecule has 2 aliphatic carbocycles. The number of allylic oxidation sites excluding steroid dienone is 2. The van der Waals surface area contributed by atoms with Crippen LogP contribution in [0.2, 0.25) is 0 Å². The molecule has 4 aliphatic rings. The molecular weight excluding hydrogens is 652 g/mol. The summed E-state index contributed by atoms with van der Waals surface area (Å²) in [5, 5.41) is 49.0. The van der Waals surface area contributed by atoms with Gasteiger partial charge in [0.05, 0.1) is 41.7 Å². The number of amides is 4. The predicted octanol–water partition coefficient (Wildman–Crippen LogP) is 2.91. The van der Waals surface area contributed by atoms with E-state index in [-0.39, 0.29) is 37.4 Å². The van der Waals surface area contributed by atoms with E-state index in [1.165, 1.54) is 12.1 Å². The van der Waals surface area contributed by atoms with Crippen LogP contribution in [0.5, 0.6) is 17.2 Å². The zero-order valence-corrected chi connectivity index (χ0v) is 26.1. The topological polar surface area (TPSA) is 219 Å².